The molecule has 1 N–H and O–H groups in total. The van der Waals surface area contributed by atoms with Crippen molar-refractivity contribution in [3.05, 3.63) is 51.7 Å². The van der Waals surface area contributed by atoms with Gasteiger partial charge in [-0.2, -0.15) is 11.3 Å². The number of benzene rings is 1. The summed E-state index contributed by atoms with van der Waals surface area (Å²) < 4.78 is 5.44. The minimum Gasteiger partial charge on any atom is -0.496 e. The molecule has 1 aromatic carbocycles. The van der Waals surface area contributed by atoms with Crippen molar-refractivity contribution in [2.75, 3.05) is 34.3 Å². The van der Waals surface area contributed by atoms with Crippen molar-refractivity contribution < 1.29 is 14.6 Å². The second-order valence-electron chi connectivity index (χ2n) is 6.39. The molecule has 1 unspecified atom stereocenters. The van der Waals surface area contributed by atoms with E-state index in [1.807, 2.05) is 55.6 Å². The molecule has 0 bridgehead atoms. The number of likely N-dealkylation sites (N-methyl/N-ethyl adjacent to an activating group) is 1. The van der Waals surface area contributed by atoms with E-state index in [0.29, 0.717) is 24.4 Å². The number of aryl methyl sites for hydroxylation is 1. The first-order valence-electron chi connectivity index (χ1n) is 8.19. The van der Waals surface area contributed by atoms with Crippen LogP contribution in [0.5, 0.6) is 5.75 Å². The highest BCUT2D eigenvalue weighted by Gasteiger charge is 2.30. The molecule has 1 aromatic heterocycles. The Balaban J connectivity index is 2.40. The first kappa shape index (κ1) is 19.4. The van der Waals surface area contributed by atoms with Crippen LogP contribution in [0.3, 0.4) is 0 Å². The number of methoxy groups -OCH3 is 1. The van der Waals surface area contributed by atoms with Crippen LogP contribution >= 0.6 is 11.3 Å². The molecule has 5 nitrogen and oxygen atoms in total. The van der Waals surface area contributed by atoms with E-state index in [2.05, 4.69) is 10.3 Å². The third-order valence-corrected chi connectivity index (χ3v) is 4.81. The van der Waals surface area contributed by atoms with Crippen molar-refractivity contribution in [1.29, 1.82) is 0 Å². The van der Waals surface area contributed by atoms with Crippen molar-refractivity contribution >= 4 is 17.3 Å². The lowest BCUT2D eigenvalue weighted by atomic mass is 10.0. The van der Waals surface area contributed by atoms with Gasteiger partial charge < -0.3 is 14.7 Å². The van der Waals surface area contributed by atoms with Gasteiger partial charge in [-0.05, 0) is 49.5 Å². The predicted molar refractivity (Wildman–Crippen MR) is 101 cm³/mol. The van der Waals surface area contributed by atoms with E-state index in [0.717, 1.165) is 17.7 Å². The van der Waals surface area contributed by atoms with Gasteiger partial charge in [0.2, 0.25) is 0 Å². The largest absolute Gasteiger partial charge is 0.496 e. The number of rotatable bonds is 9. The molecule has 2 aromatic rings. The molecule has 0 amide bonds. The molecular formula is C19H26N2O3S. The molecule has 0 aliphatic rings. The maximum absolute atomic E-state index is 12.2. The van der Waals surface area contributed by atoms with Crippen molar-refractivity contribution in [2.24, 2.45) is 0 Å². The average Bonchev–Trinajstić information content (AvgIpc) is 3.05. The van der Waals surface area contributed by atoms with Gasteiger partial charge in [0.25, 0.3) is 0 Å². The maximum Gasteiger partial charge on any atom is 0.325 e. The fourth-order valence-corrected chi connectivity index (χ4v) is 3.46. The zero-order valence-corrected chi connectivity index (χ0v) is 16.0. The van der Waals surface area contributed by atoms with Crippen LogP contribution < -0.4 is 4.74 Å². The second-order valence-corrected chi connectivity index (χ2v) is 7.17. The van der Waals surface area contributed by atoms with Crippen LogP contribution in [-0.4, -0.2) is 55.2 Å². The Labute approximate surface area is 153 Å². The van der Waals surface area contributed by atoms with E-state index in [1.165, 1.54) is 0 Å². The van der Waals surface area contributed by atoms with Crippen molar-refractivity contribution in [3.63, 3.8) is 0 Å². The summed E-state index contributed by atoms with van der Waals surface area (Å²) in [5, 5.41) is 14.1. The summed E-state index contributed by atoms with van der Waals surface area (Å²) in [7, 11) is 5.56. The fourth-order valence-electron chi connectivity index (χ4n) is 2.80. The van der Waals surface area contributed by atoms with E-state index in [1.54, 1.807) is 18.4 Å². The number of ether oxygens (including phenoxy) is 1. The van der Waals surface area contributed by atoms with Gasteiger partial charge in [0, 0.05) is 25.2 Å². The topological polar surface area (TPSA) is 53.0 Å². The number of nitrogens with zero attached hydrogens (tertiary/aromatic N) is 2. The van der Waals surface area contributed by atoms with E-state index < -0.39 is 12.0 Å². The molecule has 1 heterocycles. The zero-order chi connectivity index (χ0) is 18.4. The normalized spacial score (nSPS) is 12.6. The highest BCUT2D eigenvalue weighted by molar-refractivity contribution is 7.07. The van der Waals surface area contributed by atoms with Crippen LogP contribution in [0.15, 0.2) is 35.0 Å². The third-order valence-electron chi connectivity index (χ3n) is 4.08. The van der Waals surface area contributed by atoms with Gasteiger partial charge in [0.1, 0.15) is 11.8 Å². The Hall–Kier alpha value is -1.89. The van der Waals surface area contributed by atoms with Crippen LogP contribution in [0.4, 0.5) is 0 Å². The monoisotopic (exact) mass is 362 g/mol. The Bertz CT molecular complexity index is 686. The Morgan fingerprint density at radius 3 is 2.60 bits per heavy atom. The number of hydrogen-bond donors (Lipinski definition) is 1. The Morgan fingerprint density at radius 2 is 2.04 bits per heavy atom. The molecule has 0 aliphatic carbocycles. The summed E-state index contributed by atoms with van der Waals surface area (Å²) in [6.45, 7) is 3.98. The van der Waals surface area contributed by atoms with Gasteiger partial charge in [0.05, 0.1) is 7.11 Å². The van der Waals surface area contributed by atoms with Crippen LogP contribution in [-0.2, 0) is 11.3 Å². The van der Waals surface area contributed by atoms with Gasteiger partial charge in [-0.3, -0.25) is 9.69 Å². The number of carboxylic acid groups (broad SMARTS) is 1. The van der Waals surface area contributed by atoms with E-state index in [4.69, 9.17) is 4.74 Å². The summed E-state index contributed by atoms with van der Waals surface area (Å²) in [5.41, 5.74) is 2.84. The molecule has 0 spiro atoms. The quantitative estimate of drug-likeness (QED) is 0.742. The lowest BCUT2D eigenvalue weighted by Crippen LogP contribution is -2.38. The number of carbonyl (C=O) groups is 1. The standard InChI is InChI=1S/C19H26N2O3S/c1-14-5-6-17(24-4)16(11-14)18(19(22)23)21(9-8-20(2)3)12-15-7-10-25-13-15/h5-7,10-11,13,18H,8-9,12H2,1-4H3,(H,22,23). The summed E-state index contributed by atoms with van der Waals surface area (Å²) in [4.78, 5) is 16.2. The van der Waals surface area contributed by atoms with E-state index >= 15 is 0 Å². The highest BCUT2D eigenvalue weighted by atomic mass is 32.1. The van der Waals surface area contributed by atoms with Crippen LogP contribution in [0.2, 0.25) is 0 Å². The second kappa shape index (κ2) is 8.99. The van der Waals surface area contributed by atoms with Crippen molar-refractivity contribution in [3.8, 4) is 5.75 Å². The molecule has 6 heteroatoms. The summed E-state index contributed by atoms with van der Waals surface area (Å²) in [6.07, 6.45) is 0. The molecule has 0 fully saturated rings. The fraction of sp³-hybridized carbons (Fsp3) is 0.421. The Morgan fingerprint density at radius 1 is 1.28 bits per heavy atom. The smallest absolute Gasteiger partial charge is 0.325 e. The van der Waals surface area contributed by atoms with E-state index in [-0.39, 0.29) is 0 Å². The van der Waals surface area contributed by atoms with Gasteiger partial charge in [-0.15, -0.1) is 0 Å². The number of carboxylic acids is 1. The summed E-state index contributed by atoms with van der Waals surface area (Å²) in [6, 6.07) is 6.97. The summed E-state index contributed by atoms with van der Waals surface area (Å²) in [5.74, 6) is -0.254. The molecule has 0 radical (unpaired) electrons. The van der Waals surface area contributed by atoms with Crippen LogP contribution in [0.1, 0.15) is 22.7 Å². The molecule has 1 atom stereocenters. The number of aliphatic carboxylic acids is 1. The highest BCUT2D eigenvalue weighted by Crippen LogP contribution is 2.32. The van der Waals surface area contributed by atoms with Crippen LogP contribution in [0.25, 0.3) is 0 Å². The molecule has 0 aliphatic heterocycles. The molecule has 0 saturated heterocycles. The first-order chi connectivity index (χ1) is 11.9. The SMILES string of the molecule is COc1ccc(C)cc1C(C(=O)O)N(CCN(C)C)Cc1ccsc1. The molecule has 25 heavy (non-hydrogen) atoms. The first-order valence-corrected chi connectivity index (χ1v) is 9.14. The predicted octanol–water partition coefficient (Wildman–Crippen LogP) is 3.25. The average molecular weight is 362 g/mol. The molecular weight excluding hydrogens is 336 g/mol. The number of thiophene rings is 1. The minimum atomic E-state index is -0.863. The molecule has 0 saturated carbocycles. The number of hydrogen-bond acceptors (Lipinski definition) is 5. The van der Waals surface area contributed by atoms with Crippen molar-refractivity contribution in [1.82, 2.24) is 9.80 Å². The van der Waals surface area contributed by atoms with Crippen LogP contribution in [0, 0.1) is 6.92 Å². The minimum absolute atomic E-state index is 0.589. The molecule has 136 valence electrons. The zero-order valence-electron chi connectivity index (χ0n) is 15.2. The van der Waals surface area contributed by atoms with Gasteiger partial charge in [0.15, 0.2) is 0 Å². The lowest BCUT2D eigenvalue weighted by molar-refractivity contribution is -0.144. The maximum atomic E-state index is 12.2. The van der Waals surface area contributed by atoms with Gasteiger partial charge >= 0.3 is 5.97 Å². The lowest BCUT2D eigenvalue weighted by Gasteiger charge is -2.31. The van der Waals surface area contributed by atoms with Gasteiger partial charge in [-0.25, -0.2) is 0 Å². The third kappa shape index (κ3) is 5.29. The van der Waals surface area contributed by atoms with E-state index in [9.17, 15) is 9.90 Å². The van der Waals surface area contributed by atoms with Crippen molar-refractivity contribution in [2.45, 2.75) is 19.5 Å². The molecule has 2 rings (SSSR count). The Kier molecular flexibility index (Phi) is 6.99. The summed E-state index contributed by atoms with van der Waals surface area (Å²) >= 11 is 1.62. The van der Waals surface area contributed by atoms with Gasteiger partial charge in [-0.1, -0.05) is 17.7 Å².